The highest BCUT2D eigenvalue weighted by molar-refractivity contribution is 7.09. The summed E-state index contributed by atoms with van der Waals surface area (Å²) >= 11 is 1.64. The van der Waals surface area contributed by atoms with E-state index < -0.39 is 0 Å². The van der Waals surface area contributed by atoms with Crippen molar-refractivity contribution < 1.29 is 4.74 Å². The van der Waals surface area contributed by atoms with Crippen LogP contribution in [0.3, 0.4) is 0 Å². The van der Waals surface area contributed by atoms with Crippen molar-refractivity contribution in [3.8, 4) is 11.3 Å². The summed E-state index contributed by atoms with van der Waals surface area (Å²) in [5, 5.41) is 9.64. The molecule has 2 aromatic rings. The molecule has 0 aliphatic rings. The van der Waals surface area contributed by atoms with Crippen molar-refractivity contribution in [2.75, 3.05) is 26.8 Å². The van der Waals surface area contributed by atoms with Crippen LogP contribution in [0.25, 0.3) is 11.3 Å². The third-order valence-corrected chi connectivity index (χ3v) is 3.99. The molecule has 0 aliphatic heterocycles. The number of methoxy groups -OCH3 is 1. The van der Waals surface area contributed by atoms with Crippen LogP contribution in [0.15, 0.2) is 40.7 Å². The van der Waals surface area contributed by atoms with Gasteiger partial charge in [0.2, 0.25) is 0 Å². The van der Waals surface area contributed by atoms with Crippen LogP contribution < -0.4 is 10.6 Å². The van der Waals surface area contributed by atoms with Crippen molar-refractivity contribution in [3.05, 3.63) is 40.7 Å². The van der Waals surface area contributed by atoms with Gasteiger partial charge in [0, 0.05) is 37.7 Å². The number of ether oxygens (including phenoxy) is 1. The maximum Gasteiger partial charge on any atom is 0.191 e. The zero-order chi connectivity index (χ0) is 16.3. The molecule has 1 aromatic heterocycles. The van der Waals surface area contributed by atoms with Gasteiger partial charge < -0.3 is 15.4 Å². The maximum atomic E-state index is 5.05. The van der Waals surface area contributed by atoms with E-state index in [-0.39, 0.29) is 0 Å². The molecule has 0 amide bonds. The lowest BCUT2D eigenvalue weighted by molar-refractivity contribution is 0.195. The molecule has 124 valence electrons. The van der Waals surface area contributed by atoms with Gasteiger partial charge in [0.25, 0.3) is 0 Å². The first kappa shape index (κ1) is 17.4. The highest BCUT2D eigenvalue weighted by Crippen LogP contribution is 2.21. The zero-order valence-corrected chi connectivity index (χ0v) is 14.5. The van der Waals surface area contributed by atoms with E-state index >= 15 is 0 Å². The van der Waals surface area contributed by atoms with Gasteiger partial charge in [-0.1, -0.05) is 30.3 Å². The van der Waals surface area contributed by atoms with Gasteiger partial charge in [-0.15, -0.1) is 11.3 Å². The lowest BCUT2D eigenvalue weighted by Crippen LogP contribution is -2.38. The van der Waals surface area contributed by atoms with E-state index in [2.05, 4.69) is 45.0 Å². The van der Waals surface area contributed by atoms with Crippen LogP contribution >= 0.6 is 11.3 Å². The molecule has 0 unspecified atom stereocenters. The largest absolute Gasteiger partial charge is 0.385 e. The lowest BCUT2D eigenvalue weighted by atomic mass is 10.2. The summed E-state index contributed by atoms with van der Waals surface area (Å²) in [7, 11) is 1.71. The van der Waals surface area contributed by atoms with E-state index in [4.69, 9.17) is 4.74 Å². The molecule has 0 radical (unpaired) electrons. The third kappa shape index (κ3) is 6.00. The van der Waals surface area contributed by atoms with Crippen LogP contribution in [0.4, 0.5) is 0 Å². The van der Waals surface area contributed by atoms with Crippen molar-refractivity contribution in [2.24, 2.45) is 4.99 Å². The average Bonchev–Trinajstić information content (AvgIpc) is 3.06. The van der Waals surface area contributed by atoms with Gasteiger partial charge in [0.1, 0.15) is 5.01 Å². The normalized spacial score (nSPS) is 11.5. The molecule has 0 atom stereocenters. The van der Waals surface area contributed by atoms with Crippen molar-refractivity contribution in [3.63, 3.8) is 0 Å². The number of rotatable bonds is 8. The van der Waals surface area contributed by atoms with Crippen LogP contribution in [0.2, 0.25) is 0 Å². The predicted molar refractivity (Wildman–Crippen MR) is 96.9 cm³/mol. The molecule has 1 heterocycles. The molecule has 0 saturated carbocycles. The standard InChI is InChI=1S/C17H24N4OS/c1-3-18-17(19-10-7-11-22-2)20-12-16-21-15(13-23-16)14-8-5-4-6-9-14/h4-6,8-9,13H,3,7,10-12H2,1-2H3,(H2,18,19,20). The van der Waals surface area contributed by atoms with Crippen LogP contribution in [-0.4, -0.2) is 37.7 Å². The van der Waals surface area contributed by atoms with E-state index in [9.17, 15) is 0 Å². The van der Waals surface area contributed by atoms with Crippen LogP contribution in [-0.2, 0) is 11.3 Å². The smallest absolute Gasteiger partial charge is 0.191 e. The molecule has 5 nitrogen and oxygen atoms in total. The summed E-state index contributed by atoms with van der Waals surface area (Å²) in [6.45, 7) is 5.07. The predicted octanol–water partition coefficient (Wildman–Crippen LogP) is 2.90. The number of hydrogen-bond donors (Lipinski definition) is 2. The third-order valence-electron chi connectivity index (χ3n) is 3.16. The van der Waals surface area contributed by atoms with Gasteiger partial charge in [0.05, 0.1) is 12.2 Å². The van der Waals surface area contributed by atoms with E-state index in [1.54, 1.807) is 18.4 Å². The van der Waals surface area contributed by atoms with E-state index in [1.165, 1.54) is 0 Å². The number of nitrogens with one attached hydrogen (secondary N) is 2. The molecular formula is C17H24N4OS. The molecule has 1 aromatic carbocycles. The number of hydrogen-bond acceptors (Lipinski definition) is 4. The minimum atomic E-state index is 0.580. The molecule has 2 rings (SSSR count). The van der Waals surface area contributed by atoms with Gasteiger partial charge in [-0.3, -0.25) is 0 Å². The topological polar surface area (TPSA) is 58.5 Å². The minimum absolute atomic E-state index is 0.580. The monoisotopic (exact) mass is 332 g/mol. The minimum Gasteiger partial charge on any atom is -0.385 e. The summed E-state index contributed by atoms with van der Waals surface area (Å²) in [6.07, 6.45) is 0.955. The van der Waals surface area contributed by atoms with Crippen molar-refractivity contribution in [1.29, 1.82) is 0 Å². The average molecular weight is 332 g/mol. The Labute approximate surface area is 141 Å². The fraction of sp³-hybridized carbons (Fsp3) is 0.412. The molecule has 23 heavy (non-hydrogen) atoms. The van der Waals surface area contributed by atoms with Gasteiger partial charge in [-0.25, -0.2) is 9.98 Å². The number of thiazole rings is 1. The van der Waals surface area contributed by atoms with Crippen molar-refractivity contribution in [2.45, 2.75) is 19.9 Å². The molecule has 0 aliphatic carbocycles. The Hall–Kier alpha value is -1.92. The second-order valence-electron chi connectivity index (χ2n) is 4.96. The van der Waals surface area contributed by atoms with E-state index in [0.717, 1.165) is 48.3 Å². The number of aromatic nitrogens is 1. The number of guanidine groups is 1. The molecular weight excluding hydrogens is 308 g/mol. The fourth-order valence-electron chi connectivity index (χ4n) is 2.04. The molecule has 0 spiro atoms. The Morgan fingerprint density at radius 1 is 1.26 bits per heavy atom. The van der Waals surface area contributed by atoms with Crippen LogP contribution in [0.5, 0.6) is 0 Å². The van der Waals surface area contributed by atoms with Gasteiger partial charge in [-0.2, -0.15) is 0 Å². The first-order valence-corrected chi connectivity index (χ1v) is 8.72. The van der Waals surface area contributed by atoms with Crippen molar-refractivity contribution >= 4 is 17.3 Å². The quantitative estimate of drug-likeness (QED) is 0.443. The van der Waals surface area contributed by atoms with E-state index in [1.807, 2.05) is 18.2 Å². The van der Waals surface area contributed by atoms with E-state index in [0.29, 0.717) is 6.54 Å². The number of aliphatic imine (C=N–C) groups is 1. The Morgan fingerprint density at radius 3 is 2.83 bits per heavy atom. The Bertz CT molecular complexity index is 598. The Balaban J connectivity index is 1.92. The molecule has 6 heteroatoms. The summed E-state index contributed by atoms with van der Waals surface area (Å²) in [5.41, 5.74) is 2.16. The highest BCUT2D eigenvalue weighted by atomic mass is 32.1. The Morgan fingerprint density at radius 2 is 2.09 bits per heavy atom. The second kappa shape index (κ2) is 9.97. The Kier molecular flexibility index (Phi) is 7.56. The number of benzene rings is 1. The van der Waals surface area contributed by atoms with Gasteiger partial charge >= 0.3 is 0 Å². The van der Waals surface area contributed by atoms with Crippen LogP contribution in [0.1, 0.15) is 18.4 Å². The maximum absolute atomic E-state index is 5.05. The summed E-state index contributed by atoms with van der Waals surface area (Å²) in [6, 6.07) is 10.2. The summed E-state index contributed by atoms with van der Waals surface area (Å²) in [5.74, 6) is 0.820. The zero-order valence-electron chi connectivity index (χ0n) is 13.7. The summed E-state index contributed by atoms with van der Waals surface area (Å²) < 4.78 is 5.05. The number of nitrogens with zero attached hydrogens (tertiary/aromatic N) is 2. The second-order valence-corrected chi connectivity index (χ2v) is 5.90. The molecule has 0 fully saturated rings. The SMILES string of the molecule is CCNC(=NCc1nc(-c2ccccc2)cs1)NCCCOC. The first-order valence-electron chi connectivity index (χ1n) is 7.84. The summed E-state index contributed by atoms with van der Waals surface area (Å²) in [4.78, 5) is 9.25. The highest BCUT2D eigenvalue weighted by Gasteiger charge is 2.04. The lowest BCUT2D eigenvalue weighted by Gasteiger charge is -2.10. The molecule has 0 bridgehead atoms. The van der Waals surface area contributed by atoms with Gasteiger partial charge in [0.15, 0.2) is 5.96 Å². The fourth-order valence-corrected chi connectivity index (χ4v) is 2.76. The van der Waals surface area contributed by atoms with Crippen molar-refractivity contribution in [1.82, 2.24) is 15.6 Å². The van der Waals surface area contributed by atoms with Gasteiger partial charge in [-0.05, 0) is 13.3 Å². The first-order chi connectivity index (χ1) is 11.3. The van der Waals surface area contributed by atoms with Crippen LogP contribution in [0, 0.1) is 0 Å². The molecule has 2 N–H and O–H groups in total. The molecule has 0 saturated heterocycles.